The van der Waals surface area contributed by atoms with Crippen LogP contribution in [-0.2, 0) is 19.1 Å². The Morgan fingerprint density at radius 3 is 2.76 bits per heavy atom. The number of nitrogens with one attached hydrogen (secondary N) is 1. The number of rotatable bonds is 4. The molecule has 2 fully saturated rings. The fourth-order valence-corrected chi connectivity index (χ4v) is 3.76. The molecule has 0 bridgehead atoms. The Morgan fingerprint density at radius 2 is 2.14 bits per heavy atom. The van der Waals surface area contributed by atoms with E-state index >= 15 is 0 Å². The van der Waals surface area contributed by atoms with E-state index in [1.54, 1.807) is 6.92 Å². The van der Waals surface area contributed by atoms with Crippen molar-refractivity contribution in [2.45, 2.75) is 57.7 Å². The van der Waals surface area contributed by atoms with Crippen LogP contribution >= 0.6 is 0 Å². The maximum Gasteiger partial charge on any atom is 0.307 e. The van der Waals surface area contributed by atoms with Crippen molar-refractivity contribution in [2.75, 3.05) is 13.7 Å². The quantitative estimate of drug-likeness (QED) is 0.741. The van der Waals surface area contributed by atoms with Gasteiger partial charge in [0.25, 0.3) is 0 Å². The van der Waals surface area contributed by atoms with Crippen LogP contribution < -0.4 is 11.1 Å². The summed E-state index contributed by atoms with van der Waals surface area (Å²) in [5, 5.41) is 2.86. The zero-order valence-corrected chi connectivity index (χ0v) is 13.3. The second-order valence-electron chi connectivity index (χ2n) is 6.79. The van der Waals surface area contributed by atoms with Gasteiger partial charge in [-0.3, -0.25) is 9.59 Å². The summed E-state index contributed by atoms with van der Waals surface area (Å²) in [6.45, 7) is 6.47. The van der Waals surface area contributed by atoms with Gasteiger partial charge in [0.15, 0.2) is 0 Å². The third-order valence-corrected chi connectivity index (χ3v) is 5.14. The molecular weight excluding hydrogens is 272 g/mol. The van der Waals surface area contributed by atoms with Gasteiger partial charge in [-0.1, -0.05) is 13.8 Å². The average molecular weight is 298 g/mol. The van der Waals surface area contributed by atoms with Gasteiger partial charge in [0.2, 0.25) is 5.91 Å². The first-order chi connectivity index (χ1) is 9.75. The third kappa shape index (κ3) is 2.44. The lowest BCUT2D eigenvalue weighted by Gasteiger charge is -2.65. The molecule has 1 aliphatic heterocycles. The molecule has 2 rings (SSSR count). The highest BCUT2D eigenvalue weighted by Gasteiger charge is 2.70. The number of methoxy groups -OCH3 is 1. The van der Waals surface area contributed by atoms with Gasteiger partial charge in [-0.15, -0.1) is 0 Å². The Balaban J connectivity index is 2.05. The van der Waals surface area contributed by atoms with Crippen molar-refractivity contribution in [1.29, 1.82) is 0 Å². The lowest BCUT2D eigenvalue weighted by atomic mass is 9.46. The summed E-state index contributed by atoms with van der Waals surface area (Å²) in [5.74, 6) is -0.497. The average Bonchev–Trinajstić information content (AvgIpc) is 2.45. The first-order valence-corrected chi connectivity index (χ1v) is 7.53. The van der Waals surface area contributed by atoms with Crippen LogP contribution in [0.5, 0.6) is 0 Å². The van der Waals surface area contributed by atoms with Gasteiger partial charge in [0, 0.05) is 24.0 Å². The van der Waals surface area contributed by atoms with Crippen LogP contribution in [0.15, 0.2) is 0 Å². The van der Waals surface area contributed by atoms with Crippen LogP contribution in [0.1, 0.15) is 40.0 Å². The summed E-state index contributed by atoms with van der Waals surface area (Å²) in [6, 6.07) is -0.301. The highest BCUT2D eigenvalue weighted by molar-refractivity contribution is 5.90. The second-order valence-corrected chi connectivity index (χ2v) is 6.79. The molecule has 1 saturated heterocycles. The van der Waals surface area contributed by atoms with Crippen molar-refractivity contribution in [1.82, 2.24) is 5.32 Å². The zero-order valence-electron chi connectivity index (χ0n) is 13.3. The van der Waals surface area contributed by atoms with Gasteiger partial charge in [-0.05, 0) is 19.8 Å². The molecule has 1 heterocycles. The van der Waals surface area contributed by atoms with Crippen LogP contribution in [0, 0.1) is 11.3 Å². The predicted octanol–water partition coefficient (Wildman–Crippen LogP) is 0.587. The van der Waals surface area contributed by atoms with E-state index in [9.17, 15) is 9.59 Å². The van der Waals surface area contributed by atoms with E-state index in [1.165, 1.54) is 7.11 Å². The summed E-state index contributed by atoms with van der Waals surface area (Å²) in [4.78, 5) is 23.9. The Hall–Kier alpha value is -1.14. The van der Waals surface area contributed by atoms with E-state index in [2.05, 4.69) is 10.1 Å². The predicted molar refractivity (Wildman–Crippen MR) is 77.4 cm³/mol. The number of esters is 1. The lowest BCUT2D eigenvalue weighted by Crippen LogP contribution is -2.82. The van der Waals surface area contributed by atoms with Gasteiger partial charge in [0.1, 0.15) is 5.54 Å². The Labute approximate surface area is 125 Å². The molecule has 1 aliphatic carbocycles. The lowest BCUT2D eigenvalue weighted by molar-refractivity contribution is -0.225. The summed E-state index contributed by atoms with van der Waals surface area (Å²) in [6.07, 6.45) is 2.02. The van der Waals surface area contributed by atoms with Crippen LogP contribution in [0.2, 0.25) is 0 Å². The molecule has 120 valence electrons. The Bertz CT molecular complexity index is 437. The van der Waals surface area contributed by atoms with Crippen molar-refractivity contribution < 1.29 is 19.1 Å². The standard InChI is InChI=1S/C15H26N2O4/c1-9(8-11(18)20-4)17-13(19)15(16)10-6-5-7-21-12(10)14(15,2)3/h9-10,12H,5-8,16H2,1-4H3,(H,17,19). The number of fused-ring (bicyclic) bond motifs is 1. The van der Waals surface area contributed by atoms with E-state index in [0.717, 1.165) is 19.4 Å². The minimum absolute atomic E-state index is 0.0397. The van der Waals surface area contributed by atoms with Gasteiger partial charge in [-0.2, -0.15) is 0 Å². The maximum atomic E-state index is 12.7. The molecule has 0 aromatic heterocycles. The van der Waals surface area contributed by atoms with E-state index in [-0.39, 0.29) is 36.4 Å². The highest BCUT2D eigenvalue weighted by Crippen LogP contribution is 2.57. The van der Waals surface area contributed by atoms with Crippen LogP contribution in [0.25, 0.3) is 0 Å². The summed E-state index contributed by atoms with van der Waals surface area (Å²) in [5.41, 5.74) is 5.13. The largest absolute Gasteiger partial charge is 0.469 e. The fraction of sp³-hybridized carbons (Fsp3) is 0.867. The SMILES string of the molecule is COC(=O)CC(C)NC(=O)C1(N)C2CCCOC2C1(C)C. The first-order valence-electron chi connectivity index (χ1n) is 7.53. The van der Waals surface area contributed by atoms with Crippen molar-refractivity contribution in [3.8, 4) is 0 Å². The molecule has 2 aliphatic rings. The number of amides is 1. The molecular formula is C15H26N2O4. The maximum absolute atomic E-state index is 12.7. The number of carbonyl (C=O) groups excluding carboxylic acids is 2. The fourth-order valence-electron chi connectivity index (χ4n) is 3.76. The van der Waals surface area contributed by atoms with E-state index in [4.69, 9.17) is 10.5 Å². The number of hydrogen-bond donors (Lipinski definition) is 2. The van der Waals surface area contributed by atoms with Crippen LogP contribution in [-0.4, -0.2) is 43.3 Å². The molecule has 21 heavy (non-hydrogen) atoms. The van der Waals surface area contributed by atoms with Crippen molar-refractivity contribution in [2.24, 2.45) is 17.1 Å². The van der Waals surface area contributed by atoms with Crippen LogP contribution in [0.3, 0.4) is 0 Å². The molecule has 4 atom stereocenters. The number of nitrogens with two attached hydrogens (primary N) is 1. The topological polar surface area (TPSA) is 90.7 Å². The third-order valence-electron chi connectivity index (χ3n) is 5.14. The molecule has 6 heteroatoms. The molecule has 0 radical (unpaired) electrons. The van der Waals surface area contributed by atoms with Crippen molar-refractivity contribution >= 4 is 11.9 Å². The monoisotopic (exact) mass is 298 g/mol. The molecule has 1 amide bonds. The normalized spacial score (nSPS) is 35.1. The zero-order chi connectivity index (χ0) is 15.8. The minimum atomic E-state index is -0.942. The summed E-state index contributed by atoms with van der Waals surface area (Å²) in [7, 11) is 1.33. The van der Waals surface area contributed by atoms with Gasteiger partial charge < -0.3 is 20.5 Å². The molecule has 0 spiro atoms. The molecule has 0 aromatic rings. The van der Waals surface area contributed by atoms with E-state index in [0.29, 0.717) is 0 Å². The highest BCUT2D eigenvalue weighted by atomic mass is 16.5. The second kappa shape index (κ2) is 5.57. The smallest absolute Gasteiger partial charge is 0.307 e. The summed E-state index contributed by atoms with van der Waals surface area (Å²) < 4.78 is 10.4. The number of ether oxygens (including phenoxy) is 2. The van der Waals surface area contributed by atoms with Crippen molar-refractivity contribution in [3.05, 3.63) is 0 Å². The first kappa shape index (κ1) is 16.2. The molecule has 6 nitrogen and oxygen atoms in total. The van der Waals surface area contributed by atoms with Crippen LogP contribution in [0.4, 0.5) is 0 Å². The number of carbonyl (C=O) groups is 2. The van der Waals surface area contributed by atoms with E-state index in [1.807, 2.05) is 13.8 Å². The molecule has 3 N–H and O–H groups in total. The molecule has 0 aromatic carbocycles. The molecule has 4 unspecified atom stereocenters. The van der Waals surface area contributed by atoms with E-state index < -0.39 is 11.0 Å². The van der Waals surface area contributed by atoms with Crippen molar-refractivity contribution in [3.63, 3.8) is 0 Å². The molecule has 1 saturated carbocycles. The Morgan fingerprint density at radius 1 is 1.48 bits per heavy atom. The summed E-state index contributed by atoms with van der Waals surface area (Å²) >= 11 is 0. The number of hydrogen-bond acceptors (Lipinski definition) is 5. The van der Waals surface area contributed by atoms with Gasteiger partial charge in [0.05, 0.1) is 19.6 Å². The Kier molecular flexibility index (Phi) is 4.31. The van der Waals surface area contributed by atoms with Gasteiger partial charge >= 0.3 is 5.97 Å². The minimum Gasteiger partial charge on any atom is -0.469 e. The van der Waals surface area contributed by atoms with Gasteiger partial charge in [-0.25, -0.2) is 0 Å².